The van der Waals surface area contributed by atoms with Crippen LogP contribution in [0.3, 0.4) is 0 Å². The third-order valence-corrected chi connectivity index (χ3v) is 3.39. The Hall–Kier alpha value is -3.23. The molecule has 2 aromatic rings. The maximum absolute atomic E-state index is 11.9. The van der Waals surface area contributed by atoms with Gasteiger partial charge in [-0.2, -0.15) is 5.10 Å². The van der Waals surface area contributed by atoms with E-state index < -0.39 is 10.8 Å². The van der Waals surface area contributed by atoms with Crippen molar-refractivity contribution in [2.45, 2.75) is 27.3 Å². The first kappa shape index (κ1) is 19.1. The topological polar surface area (TPSA) is 112 Å². The minimum Gasteiger partial charge on any atom is -0.493 e. The predicted molar refractivity (Wildman–Crippen MR) is 96.1 cm³/mol. The van der Waals surface area contributed by atoms with Crippen LogP contribution in [-0.2, 0) is 11.3 Å². The second-order valence-electron chi connectivity index (χ2n) is 6.07. The molecule has 0 aliphatic rings. The number of hydrogen-bond donors (Lipinski definition) is 1. The molecule has 0 radical (unpaired) electrons. The van der Waals surface area contributed by atoms with Crippen molar-refractivity contribution in [1.29, 1.82) is 0 Å². The lowest BCUT2D eigenvalue weighted by atomic mass is 10.2. The summed E-state index contributed by atoms with van der Waals surface area (Å²) in [5.74, 6) is 0.873. The summed E-state index contributed by atoms with van der Waals surface area (Å²) in [6.07, 6.45) is 2.61. The van der Waals surface area contributed by atoms with Crippen LogP contribution in [0.1, 0.15) is 25.2 Å². The number of rotatable bonds is 8. The average Bonchev–Trinajstić information content (AvgIpc) is 2.95. The van der Waals surface area contributed by atoms with E-state index in [1.807, 2.05) is 24.3 Å². The van der Waals surface area contributed by atoms with Crippen molar-refractivity contribution in [1.82, 2.24) is 15.0 Å². The fourth-order valence-corrected chi connectivity index (χ4v) is 2.07. The van der Waals surface area contributed by atoms with Crippen molar-refractivity contribution < 1.29 is 14.5 Å². The number of aromatic nitrogens is 2. The average molecular weight is 359 g/mol. The molecular weight excluding hydrogens is 338 g/mol. The van der Waals surface area contributed by atoms with E-state index >= 15 is 0 Å². The zero-order valence-corrected chi connectivity index (χ0v) is 14.9. The van der Waals surface area contributed by atoms with Gasteiger partial charge in [0.1, 0.15) is 11.9 Å². The quantitative estimate of drug-likeness (QED) is 0.441. The zero-order valence-electron chi connectivity index (χ0n) is 14.9. The first-order valence-electron chi connectivity index (χ1n) is 8.08. The van der Waals surface area contributed by atoms with Gasteiger partial charge in [0, 0.05) is 6.92 Å². The van der Waals surface area contributed by atoms with Gasteiger partial charge in [0.05, 0.1) is 12.8 Å². The Morgan fingerprint density at radius 2 is 2.12 bits per heavy atom. The summed E-state index contributed by atoms with van der Waals surface area (Å²) in [5, 5.41) is 14.8. The maximum atomic E-state index is 11.9. The maximum Gasteiger partial charge on any atom is 0.343 e. The second kappa shape index (κ2) is 8.75. The Morgan fingerprint density at radius 1 is 1.42 bits per heavy atom. The van der Waals surface area contributed by atoms with Gasteiger partial charge < -0.3 is 14.9 Å². The molecule has 0 saturated carbocycles. The molecule has 138 valence electrons. The molecule has 0 bridgehead atoms. The summed E-state index contributed by atoms with van der Waals surface area (Å²) in [6, 6.07) is 7.28. The molecule has 0 saturated heterocycles. The fraction of sp³-hybridized carbons (Fsp3) is 0.353. The predicted octanol–water partition coefficient (Wildman–Crippen LogP) is 2.28. The van der Waals surface area contributed by atoms with Gasteiger partial charge in [-0.1, -0.05) is 13.8 Å². The molecule has 9 nitrogen and oxygen atoms in total. The van der Waals surface area contributed by atoms with Gasteiger partial charge >= 0.3 is 5.82 Å². The second-order valence-corrected chi connectivity index (χ2v) is 6.07. The fourth-order valence-electron chi connectivity index (χ4n) is 2.07. The van der Waals surface area contributed by atoms with Gasteiger partial charge in [-0.25, -0.2) is 15.0 Å². The Balaban J connectivity index is 1.89. The number of nitro groups is 1. The summed E-state index contributed by atoms with van der Waals surface area (Å²) in [6.45, 7) is 6.14. The molecule has 1 N–H and O–H groups in total. The number of hydrogen-bond acceptors (Lipinski definition) is 6. The highest BCUT2D eigenvalue weighted by Crippen LogP contribution is 2.13. The van der Waals surface area contributed by atoms with Crippen LogP contribution in [0, 0.1) is 23.0 Å². The van der Waals surface area contributed by atoms with Gasteiger partial charge in [-0.3, -0.25) is 4.79 Å². The Morgan fingerprint density at radius 3 is 2.73 bits per heavy atom. The van der Waals surface area contributed by atoms with E-state index in [0.717, 1.165) is 17.5 Å². The minimum absolute atomic E-state index is 0.235. The van der Waals surface area contributed by atoms with E-state index in [-0.39, 0.29) is 12.4 Å². The summed E-state index contributed by atoms with van der Waals surface area (Å²) < 4.78 is 6.80. The van der Waals surface area contributed by atoms with Crippen LogP contribution in [0.15, 0.2) is 35.6 Å². The summed E-state index contributed by atoms with van der Waals surface area (Å²) in [4.78, 5) is 26.1. The van der Waals surface area contributed by atoms with E-state index in [1.165, 1.54) is 10.8 Å². The van der Waals surface area contributed by atoms with Crippen molar-refractivity contribution in [3.05, 3.63) is 52.0 Å². The number of imidazole rings is 1. The number of nitrogens with one attached hydrogen (secondary N) is 1. The molecule has 1 aromatic heterocycles. The molecule has 1 aromatic carbocycles. The number of amides is 1. The highest BCUT2D eigenvalue weighted by atomic mass is 16.6. The number of benzene rings is 1. The zero-order chi connectivity index (χ0) is 19.1. The molecule has 0 fully saturated rings. The van der Waals surface area contributed by atoms with E-state index in [0.29, 0.717) is 18.3 Å². The van der Waals surface area contributed by atoms with Crippen molar-refractivity contribution >= 4 is 17.9 Å². The van der Waals surface area contributed by atoms with Gasteiger partial charge in [0.25, 0.3) is 5.91 Å². The molecule has 1 heterocycles. The largest absolute Gasteiger partial charge is 0.493 e. The van der Waals surface area contributed by atoms with E-state index in [4.69, 9.17) is 4.74 Å². The third kappa shape index (κ3) is 5.40. The number of nitrogens with zero attached hydrogens (tertiary/aromatic N) is 4. The van der Waals surface area contributed by atoms with E-state index in [1.54, 1.807) is 6.92 Å². The molecule has 0 aliphatic carbocycles. The first-order valence-corrected chi connectivity index (χ1v) is 8.08. The number of carbonyl (C=O) groups is 1. The Kier molecular flexibility index (Phi) is 6.42. The summed E-state index contributed by atoms with van der Waals surface area (Å²) >= 11 is 0. The standard InChI is InChI=1S/C17H21N5O4/c1-12(2)11-26-15-6-4-14(5-7-15)8-19-20-16(23)10-21-13(3)18-9-17(21)22(24)25/h4-9,12H,10-11H2,1-3H3,(H,20,23)/b19-8-. The van der Waals surface area contributed by atoms with Gasteiger partial charge in [-0.15, -0.1) is 0 Å². The Bertz CT molecular complexity index is 796. The van der Waals surface area contributed by atoms with Crippen LogP contribution in [0.4, 0.5) is 5.82 Å². The highest BCUT2D eigenvalue weighted by molar-refractivity contribution is 5.82. The molecule has 0 spiro atoms. The summed E-state index contributed by atoms with van der Waals surface area (Å²) in [5.41, 5.74) is 3.13. The van der Waals surface area contributed by atoms with Crippen LogP contribution < -0.4 is 10.2 Å². The lowest BCUT2D eigenvalue weighted by Crippen LogP contribution is -2.24. The molecule has 2 rings (SSSR count). The number of hydrazone groups is 1. The number of carbonyl (C=O) groups excluding carboxylic acids is 1. The number of ether oxygens (including phenoxy) is 1. The van der Waals surface area contributed by atoms with Crippen molar-refractivity contribution in [3.63, 3.8) is 0 Å². The van der Waals surface area contributed by atoms with Gasteiger partial charge in [0.15, 0.2) is 12.4 Å². The van der Waals surface area contributed by atoms with Crippen LogP contribution in [-0.4, -0.2) is 33.2 Å². The smallest absolute Gasteiger partial charge is 0.343 e. The number of aryl methyl sites for hydroxylation is 1. The lowest BCUT2D eigenvalue weighted by molar-refractivity contribution is -0.392. The molecule has 26 heavy (non-hydrogen) atoms. The Labute approximate surface area is 150 Å². The van der Waals surface area contributed by atoms with Crippen molar-refractivity contribution in [2.24, 2.45) is 11.0 Å². The molecule has 9 heteroatoms. The van der Waals surface area contributed by atoms with Crippen LogP contribution in [0.2, 0.25) is 0 Å². The minimum atomic E-state index is -0.584. The first-order chi connectivity index (χ1) is 12.4. The van der Waals surface area contributed by atoms with E-state index in [9.17, 15) is 14.9 Å². The molecule has 1 amide bonds. The molecule has 0 unspecified atom stereocenters. The SMILES string of the molecule is Cc1ncc([N+](=O)[O-])n1CC(=O)N/N=C\c1ccc(OCC(C)C)cc1. The van der Waals surface area contributed by atoms with Gasteiger partial charge in [-0.05, 0) is 40.7 Å². The summed E-state index contributed by atoms with van der Waals surface area (Å²) in [7, 11) is 0. The normalized spacial score (nSPS) is 11.1. The van der Waals surface area contributed by atoms with E-state index in [2.05, 4.69) is 29.4 Å². The van der Waals surface area contributed by atoms with Crippen LogP contribution in [0.5, 0.6) is 5.75 Å². The lowest BCUT2D eigenvalue weighted by Gasteiger charge is -2.08. The molecular formula is C17H21N5O4. The highest BCUT2D eigenvalue weighted by Gasteiger charge is 2.19. The molecule has 0 atom stereocenters. The van der Waals surface area contributed by atoms with Crippen LogP contribution in [0.25, 0.3) is 0 Å². The van der Waals surface area contributed by atoms with Gasteiger partial charge in [0.2, 0.25) is 0 Å². The third-order valence-electron chi connectivity index (χ3n) is 3.39. The monoisotopic (exact) mass is 359 g/mol. The molecule has 0 aliphatic heterocycles. The van der Waals surface area contributed by atoms with Crippen molar-refractivity contribution in [2.75, 3.05) is 6.61 Å². The van der Waals surface area contributed by atoms with Crippen molar-refractivity contribution in [3.8, 4) is 5.75 Å². The van der Waals surface area contributed by atoms with Crippen LogP contribution >= 0.6 is 0 Å².